The molecule has 26 heavy (non-hydrogen) atoms. The van der Waals surface area contributed by atoms with Gasteiger partial charge in [-0.3, -0.25) is 0 Å². The van der Waals surface area contributed by atoms with Gasteiger partial charge in [0.2, 0.25) is 0 Å². The smallest absolute Gasteiger partial charge is 0.192 e. The highest BCUT2D eigenvalue weighted by Gasteiger charge is 2.15. The molecule has 2 N–H and O–H groups in total. The number of rotatable bonds is 4. The first kappa shape index (κ1) is 17.6. The predicted octanol–water partition coefficient (Wildman–Crippen LogP) is 4.13. The van der Waals surface area contributed by atoms with Crippen LogP contribution < -0.4 is 10.6 Å². The van der Waals surface area contributed by atoms with Crippen molar-refractivity contribution in [2.24, 2.45) is 0 Å². The van der Waals surface area contributed by atoms with Crippen molar-refractivity contribution in [1.82, 2.24) is 25.5 Å². The van der Waals surface area contributed by atoms with Gasteiger partial charge in [0.15, 0.2) is 10.8 Å². The van der Waals surface area contributed by atoms with Crippen molar-refractivity contribution in [1.29, 1.82) is 0 Å². The van der Waals surface area contributed by atoms with E-state index in [4.69, 9.17) is 23.2 Å². The third-order valence-electron chi connectivity index (χ3n) is 4.13. The van der Waals surface area contributed by atoms with Crippen molar-refractivity contribution in [3.8, 4) is 21.4 Å². The summed E-state index contributed by atoms with van der Waals surface area (Å²) in [6.45, 7) is 2.05. The molecule has 2 aromatic heterocycles. The van der Waals surface area contributed by atoms with Gasteiger partial charge in [-0.25, -0.2) is 9.97 Å². The molecule has 1 aliphatic rings. The van der Waals surface area contributed by atoms with Crippen LogP contribution in [0.4, 0.5) is 5.82 Å². The molecule has 3 heterocycles. The summed E-state index contributed by atoms with van der Waals surface area (Å²) < 4.78 is 0. The molecule has 0 bridgehead atoms. The third kappa shape index (κ3) is 3.96. The first-order valence-electron chi connectivity index (χ1n) is 8.28. The summed E-state index contributed by atoms with van der Waals surface area (Å²) in [5, 5.41) is 17.7. The SMILES string of the molecule is Clc1ccc(-c2nnc(-c3nccc(NC4CCNCC4)n3)s2)cc1Cl. The molecule has 4 rings (SSSR count). The third-order valence-corrected chi connectivity index (χ3v) is 5.84. The van der Waals surface area contributed by atoms with E-state index < -0.39 is 0 Å². The zero-order chi connectivity index (χ0) is 17.9. The molecule has 0 saturated carbocycles. The maximum absolute atomic E-state index is 6.09. The van der Waals surface area contributed by atoms with E-state index in [2.05, 4.69) is 30.8 Å². The van der Waals surface area contributed by atoms with Crippen molar-refractivity contribution >= 4 is 40.4 Å². The molecule has 134 valence electrons. The quantitative estimate of drug-likeness (QED) is 0.677. The molecule has 9 heteroatoms. The van der Waals surface area contributed by atoms with Gasteiger partial charge in [0, 0.05) is 17.8 Å². The molecule has 0 amide bonds. The number of aromatic nitrogens is 4. The van der Waals surface area contributed by atoms with Crippen LogP contribution in [0.5, 0.6) is 0 Å². The second-order valence-corrected chi connectivity index (χ2v) is 7.77. The highest BCUT2D eigenvalue weighted by molar-refractivity contribution is 7.17. The van der Waals surface area contributed by atoms with Crippen molar-refractivity contribution in [3.63, 3.8) is 0 Å². The van der Waals surface area contributed by atoms with E-state index >= 15 is 0 Å². The van der Waals surface area contributed by atoms with Gasteiger partial charge in [-0.15, -0.1) is 10.2 Å². The number of nitrogens with one attached hydrogen (secondary N) is 2. The molecule has 0 aliphatic carbocycles. The Morgan fingerprint density at radius 2 is 1.85 bits per heavy atom. The minimum absolute atomic E-state index is 0.431. The Morgan fingerprint density at radius 3 is 2.65 bits per heavy atom. The maximum atomic E-state index is 6.09. The summed E-state index contributed by atoms with van der Waals surface area (Å²) in [4.78, 5) is 8.93. The van der Waals surface area contributed by atoms with Crippen LogP contribution >= 0.6 is 34.5 Å². The molecule has 0 unspecified atom stereocenters. The van der Waals surface area contributed by atoms with E-state index in [0.29, 0.717) is 26.9 Å². The second-order valence-electron chi connectivity index (χ2n) is 5.98. The van der Waals surface area contributed by atoms with Crippen LogP contribution in [0.1, 0.15) is 12.8 Å². The van der Waals surface area contributed by atoms with Gasteiger partial charge in [-0.1, -0.05) is 40.6 Å². The molecule has 1 aromatic carbocycles. The van der Waals surface area contributed by atoms with Gasteiger partial charge < -0.3 is 10.6 Å². The monoisotopic (exact) mass is 406 g/mol. The molecule has 3 aromatic rings. The lowest BCUT2D eigenvalue weighted by molar-refractivity contribution is 0.478. The molecule has 1 aliphatic heterocycles. The van der Waals surface area contributed by atoms with Gasteiger partial charge >= 0.3 is 0 Å². The fourth-order valence-electron chi connectivity index (χ4n) is 2.78. The fourth-order valence-corrected chi connectivity index (χ4v) is 3.86. The minimum Gasteiger partial charge on any atom is -0.367 e. The lowest BCUT2D eigenvalue weighted by atomic mass is 10.1. The molecule has 1 fully saturated rings. The Morgan fingerprint density at radius 1 is 1.04 bits per heavy atom. The van der Waals surface area contributed by atoms with Gasteiger partial charge in [0.05, 0.1) is 10.0 Å². The first-order valence-corrected chi connectivity index (χ1v) is 9.86. The average molecular weight is 407 g/mol. The van der Waals surface area contributed by atoms with Gasteiger partial charge in [-0.2, -0.15) is 0 Å². The molecular weight excluding hydrogens is 391 g/mol. The van der Waals surface area contributed by atoms with Crippen LogP contribution in [0.2, 0.25) is 10.0 Å². The molecule has 0 spiro atoms. The van der Waals surface area contributed by atoms with Crippen molar-refractivity contribution in [2.45, 2.75) is 18.9 Å². The number of hydrogen-bond acceptors (Lipinski definition) is 7. The van der Waals surface area contributed by atoms with E-state index in [9.17, 15) is 0 Å². The van der Waals surface area contributed by atoms with Crippen molar-refractivity contribution < 1.29 is 0 Å². The van der Waals surface area contributed by atoms with E-state index in [1.807, 2.05) is 12.1 Å². The first-order chi connectivity index (χ1) is 12.7. The van der Waals surface area contributed by atoms with Crippen LogP contribution in [0, 0.1) is 0 Å². The van der Waals surface area contributed by atoms with Crippen molar-refractivity contribution in [2.75, 3.05) is 18.4 Å². The summed E-state index contributed by atoms with van der Waals surface area (Å²) in [5.41, 5.74) is 0.868. The lowest BCUT2D eigenvalue weighted by Gasteiger charge is -2.24. The number of halogens is 2. The molecule has 6 nitrogen and oxygen atoms in total. The number of hydrogen-bond donors (Lipinski definition) is 2. The Balaban J connectivity index is 1.55. The van der Waals surface area contributed by atoms with E-state index in [1.165, 1.54) is 11.3 Å². The molecule has 1 saturated heterocycles. The van der Waals surface area contributed by atoms with Crippen LogP contribution in [-0.2, 0) is 0 Å². The highest BCUT2D eigenvalue weighted by atomic mass is 35.5. The standard InChI is InChI=1S/C17H16Cl2N6S/c18-12-2-1-10(9-13(12)19)16-24-25-17(26-16)15-21-8-5-14(23-15)22-11-3-6-20-7-4-11/h1-2,5,8-9,11,20H,3-4,6-7H2,(H,21,22,23). The Hall–Kier alpha value is -1.80. The van der Waals surface area contributed by atoms with Gasteiger partial charge in [0.1, 0.15) is 10.8 Å². The minimum atomic E-state index is 0.431. The summed E-state index contributed by atoms with van der Waals surface area (Å²) in [5.74, 6) is 1.38. The average Bonchev–Trinajstić information content (AvgIpc) is 3.15. The number of benzene rings is 1. The normalized spacial score (nSPS) is 15.2. The van der Waals surface area contributed by atoms with Crippen LogP contribution in [0.15, 0.2) is 30.5 Å². The largest absolute Gasteiger partial charge is 0.367 e. The van der Waals surface area contributed by atoms with Gasteiger partial charge in [0.25, 0.3) is 0 Å². The zero-order valence-electron chi connectivity index (χ0n) is 13.7. The fraction of sp³-hybridized carbons (Fsp3) is 0.294. The topological polar surface area (TPSA) is 75.6 Å². The van der Waals surface area contributed by atoms with Crippen LogP contribution in [0.3, 0.4) is 0 Å². The Bertz CT molecular complexity index is 910. The lowest BCUT2D eigenvalue weighted by Crippen LogP contribution is -2.35. The van der Waals surface area contributed by atoms with E-state index in [-0.39, 0.29) is 0 Å². The van der Waals surface area contributed by atoms with Crippen LogP contribution in [0.25, 0.3) is 21.4 Å². The summed E-state index contributed by atoms with van der Waals surface area (Å²) >= 11 is 13.5. The Kier molecular flexibility index (Phi) is 5.31. The summed E-state index contributed by atoms with van der Waals surface area (Å²) in [6, 6.07) is 7.71. The molecule has 0 radical (unpaired) electrons. The van der Waals surface area contributed by atoms with E-state index in [1.54, 1.807) is 18.3 Å². The zero-order valence-corrected chi connectivity index (χ0v) is 16.1. The molecule has 0 atom stereocenters. The summed E-state index contributed by atoms with van der Waals surface area (Å²) in [6.07, 6.45) is 3.91. The van der Waals surface area contributed by atoms with Crippen LogP contribution in [-0.4, -0.2) is 39.3 Å². The van der Waals surface area contributed by atoms with Gasteiger partial charge in [-0.05, 0) is 44.1 Å². The summed E-state index contributed by atoms with van der Waals surface area (Å²) in [7, 11) is 0. The number of nitrogens with zero attached hydrogens (tertiary/aromatic N) is 4. The van der Waals surface area contributed by atoms with E-state index in [0.717, 1.165) is 42.3 Å². The Labute approximate surface area is 165 Å². The highest BCUT2D eigenvalue weighted by Crippen LogP contribution is 2.32. The maximum Gasteiger partial charge on any atom is 0.192 e. The van der Waals surface area contributed by atoms with Crippen molar-refractivity contribution in [3.05, 3.63) is 40.5 Å². The number of anilines is 1. The number of piperidine rings is 1. The predicted molar refractivity (Wildman–Crippen MR) is 106 cm³/mol. The second kappa shape index (κ2) is 7.84. The molecular formula is C17H16Cl2N6S.